The molecule has 1 amide bonds. The first-order valence-electron chi connectivity index (χ1n) is 6.15. The van der Waals surface area contributed by atoms with Gasteiger partial charge in [-0.1, -0.05) is 17.7 Å². The smallest absolute Gasteiger partial charge is 0.255 e. The van der Waals surface area contributed by atoms with Crippen molar-refractivity contribution in [1.29, 1.82) is 0 Å². The zero-order valence-corrected chi connectivity index (χ0v) is 11.5. The number of amides is 1. The van der Waals surface area contributed by atoms with Crippen molar-refractivity contribution < 1.29 is 4.79 Å². The molecule has 100 valence electrons. The number of carbonyl (C=O) groups is 1. The molecule has 0 saturated carbocycles. The number of nitrogens with one attached hydrogen (secondary N) is 2. The molecule has 1 heterocycles. The van der Waals surface area contributed by atoms with Gasteiger partial charge in [0.15, 0.2) is 0 Å². The van der Waals surface area contributed by atoms with Crippen LogP contribution in [0.4, 0.5) is 5.69 Å². The van der Waals surface area contributed by atoms with Gasteiger partial charge in [0.2, 0.25) is 0 Å². The van der Waals surface area contributed by atoms with Gasteiger partial charge in [-0.15, -0.1) is 0 Å². The van der Waals surface area contributed by atoms with Crippen LogP contribution >= 0.6 is 11.6 Å². The second-order valence-corrected chi connectivity index (χ2v) is 4.96. The van der Waals surface area contributed by atoms with E-state index < -0.39 is 0 Å². The van der Waals surface area contributed by atoms with Crippen LogP contribution in [0.5, 0.6) is 0 Å². The second-order valence-electron chi connectivity index (χ2n) is 4.52. The maximum absolute atomic E-state index is 12.1. The molecule has 0 aliphatic rings. The molecule has 1 aromatic heterocycles. The number of carbonyl (C=O) groups excluding carboxylic acids is 1. The predicted molar refractivity (Wildman–Crippen MR) is 80.2 cm³/mol. The number of imidazole rings is 1. The van der Waals surface area contributed by atoms with Crippen molar-refractivity contribution in [2.24, 2.45) is 0 Å². The molecule has 5 heteroatoms. The number of H-pyrrole nitrogens is 1. The Labute approximate surface area is 120 Å². The molecule has 0 fully saturated rings. The summed E-state index contributed by atoms with van der Waals surface area (Å²) in [5, 5.41) is 3.38. The van der Waals surface area contributed by atoms with Crippen LogP contribution in [0, 0.1) is 6.92 Å². The molecular formula is C15H12ClN3O. The van der Waals surface area contributed by atoms with Gasteiger partial charge in [-0.05, 0) is 43.3 Å². The highest BCUT2D eigenvalue weighted by atomic mass is 35.5. The molecular weight excluding hydrogens is 274 g/mol. The standard InChI is InChI=1S/C15H12ClN3O/c1-9-17-13-6-5-12(8-14(13)18-9)19-15(20)10-3-2-4-11(16)7-10/h2-8H,1H3,(H,17,18)(H,19,20). The van der Waals surface area contributed by atoms with Crippen LogP contribution < -0.4 is 5.32 Å². The summed E-state index contributed by atoms with van der Waals surface area (Å²) in [6.45, 7) is 1.89. The molecule has 0 aliphatic heterocycles. The minimum atomic E-state index is -0.192. The molecule has 0 saturated heterocycles. The van der Waals surface area contributed by atoms with Crippen molar-refractivity contribution in [2.45, 2.75) is 6.92 Å². The van der Waals surface area contributed by atoms with E-state index in [0.717, 1.165) is 16.9 Å². The average molecular weight is 286 g/mol. The zero-order valence-electron chi connectivity index (χ0n) is 10.8. The Morgan fingerprint density at radius 2 is 2.10 bits per heavy atom. The Morgan fingerprint density at radius 3 is 2.90 bits per heavy atom. The number of anilines is 1. The third kappa shape index (κ3) is 2.51. The summed E-state index contributed by atoms with van der Waals surface area (Å²) in [5.41, 5.74) is 3.01. The fraction of sp³-hybridized carbons (Fsp3) is 0.0667. The van der Waals surface area contributed by atoms with Crippen molar-refractivity contribution >= 4 is 34.2 Å². The number of aromatic nitrogens is 2. The van der Waals surface area contributed by atoms with E-state index in [1.807, 2.05) is 25.1 Å². The molecule has 0 unspecified atom stereocenters. The van der Waals surface area contributed by atoms with Gasteiger partial charge in [-0.3, -0.25) is 4.79 Å². The third-order valence-electron chi connectivity index (χ3n) is 2.94. The first-order chi connectivity index (χ1) is 9.61. The summed E-state index contributed by atoms with van der Waals surface area (Å²) in [4.78, 5) is 19.6. The van der Waals surface area contributed by atoms with Crippen molar-refractivity contribution in [3.8, 4) is 0 Å². The number of aromatic amines is 1. The summed E-state index contributed by atoms with van der Waals surface area (Å²) in [5.74, 6) is 0.654. The van der Waals surface area contributed by atoms with Crippen LogP contribution in [0.25, 0.3) is 11.0 Å². The van der Waals surface area contributed by atoms with Crippen molar-refractivity contribution in [1.82, 2.24) is 9.97 Å². The summed E-state index contributed by atoms with van der Waals surface area (Å²) < 4.78 is 0. The van der Waals surface area contributed by atoms with Gasteiger partial charge in [0.1, 0.15) is 5.82 Å². The maximum Gasteiger partial charge on any atom is 0.255 e. The van der Waals surface area contributed by atoms with Gasteiger partial charge in [0, 0.05) is 16.3 Å². The van der Waals surface area contributed by atoms with Gasteiger partial charge in [-0.2, -0.15) is 0 Å². The largest absolute Gasteiger partial charge is 0.342 e. The maximum atomic E-state index is 12.1. The number of fused-ring (bicyclic) bond motifs is 1. The fourth-order valence-corrected chi connectivity index (χ4v) is 2.24. The van der Waals surface area contributed by atoms with E-state index in [1.54, 1.807) is 24.3 Å². The van der Waals surface area contributed by atoms with Crippen LogP contribution in [-0.4, -0.2) is 15.9 Å². The molecule has 2 aromatic carbocycles. The lowest BCUT2D eigenvalue weighted by molar-refractivity contribution is 0.102. The molecule has 0 atom stereocenters. The van der Waals surface area contributed by atoms with Gasteiger partial charge in [0.05, 0.1) is 11.0 Å². The monoisotopic (exact) mass is 285 g/mol. The normalized spacial score (nSPS) is 10.7. The first-order valence-corrected chi connectivity index (χ1v) is 6.53. The van der Waals surface area contributed by atoms with Crippen LogP contribution in [0.15, 0.2) is 42.5 Å². The SMILES string of the molecule is Cc1nc2ccc(NC(=O)c3cccc(Cl)c3)cc2[nH]1. The third-order valence-corrected chi connectivity index (χ3v) is 3.18. The highest BCUT2D eigenvalue weighted by Gasteiger charge is 2.07. The van der Waals surface area contributed by atoms with Crippen LogP contribution in [-0.2, 0) is 0 Å². The number of aryl methyl sites for hydroxylation is 1. The van der Waals surface area contributed by atoms with Gasteiger partial charge < -0.3 is 10.3 Å². The van der Waals surface area contributed by atoms with Crippen LogP contribution in [0.2, 0.25) is 5.02 Å². The summed E-state index contributed by atoms with van der Waals surface area (Å²) >= 11 is 5.88. The summed E-state index contributed by atoms with van der Waals surface area (Å²) in [7, 11) is 0. The van der Waals surface area contributed by atoms with E-state index in [9.17, 15) is 4.79 Å². The van der Waals surface area contributed by atoms with Crippen molar-refractivity contribution in [3.63, 3.8) is 0 Å². The molecule has 4 nitrogen and oxygen atoms in total. The number of rotatable bonds is 2. The molecule has 0 spiro atoms. The number of hydrogen-bond acceptors (Lipinski definition) is 2. The van der Waals surface area contributed by atoms with E-state index in [0.29, 0.717) is 16.3 Å². The van der Waals surface area contributed by atoms with Gasteiger partial charge in [0.25, 0.3) is 5.91 Å². The van der Waals surface area contributed by atoms with Crippen molar-refractivity contribution in [3.05, 3.63) is 58.9 Å². The second kappa shape index (κ2) is 4.98. The quantitative estimate of drug-likeness (QED) is 0.753. The average Bonchev–Trinajstić information content (AvgIpc) is 2.78. The van der Waals surface area contributed by atoms with Crippen LogP contribution in [0.1, 0.15) is 16.2 Å². The molecule has 3 rings (SSSR count). The predicted octanol–water partition coefficient (Wildman–Crippen LogP) is 3.78. The number of nitrogens with zero attached hydrogens (tertiary/aromatic N) is 1. The fourth-order valence-electron chi connectivity index (χ4n) is 2.05. The Morgan fingerprint density at radius 1 is 1.25 bits per heavy atom. The lowest BCUT2D eigenvalue weighted by Crippen LogP contribution is -2.11. The molecule has 2 N–H and O–H groups in total. The number of hydrogen-bond donors (Lipinski definition) is 2. The Balaban J connectivity index is 1.87. The first kappa shape index (κ1) is 12.7. The van der Waals surface area contributed by atoms with Crippen LogP contribution in [0.3, 0.4) is 0 Å². The summed E-state index contributed by atoms with van der Waals surface area (Å²) in [6, 6.07) is 12.4. The molecule has 0 radical (unpaired) electrons. The topological polar surface area (TPSA) is 57.8 Å². The van der Waals surface area contributed by atoms with E-state index >= 15 is 0 Å². The Hall–Kier alpha value is -2.33. The van der Waals surface area contributed by atoms with E-state index in [4.69, 9.17) is 11.6 Å². The minimum absolute atomic E-state index is 0.192. The van der Waals surface area contributed by atoms with Gasteiger partial charge >= 0.3 is 0 Å². The van der Waals surface area contributed by atoms with E-state index in [1.165, 1.54) is 0 Å². The molecule has 3 aromatic rings. The van der Waals surface area contributed by atoms with E-state index in [-0.39, 0.29) is 5.91 Å². The lowest BCUT2D eigenvalue weighted by Gasteiger charge is -2.05. The highest BCUT2D eigenvalue weighted by Crippen LogP contribution is 2.18. The Kier molecular flexibility index (Phi) is 3.16. The molecule has 20 heavy (non-hydrogen) atoms. The molecule has 0 bridgehead atoms. The number of halogens is 1. The summed E-state index contributed by atoms with van der Waals surface area (Å²) in [6.07, 6.45) is 0. The number of benzene rings is 2. The molecule has 0 aliphatic carbocycles. The van der Waals surface area contributed by atoms with Gasteiger partial charge in [-0.25, -0.2) is 4.98 Å². The highest BCUT2D eigenvalue weighted by molar-refractivity contribution is 6.31. The van der Waals surface area contributed by atoms with E-state index in [2.05, 4.69) is 15.3 Å². The lowest BCUT2D eigenvalue weighted by atomic mass is 10.2. The minimum Gasteiger partial charge on any atom is -0.342 e. The Bertz CT molecular complexity index is 795. The van der Waals surface area contributed by atoms with Crippen molar-refractivity contribution in [2.75, 3.05) is 5.32 Å². The zero-order chi connectivity index (χ0) is 14.1.